The predicted octanol–water partition coefficient (Wildman–Crippen LogP) is 2.35. The largest absolute Gasteiger partial charge is 0.507 e. The van der Waals surface area contributed by atoms with Crippen LogP contribution in [0.3, 0.4) is 0 Å². The van der Waals surface area contributed by atoms with E-state index in [1.807, 2.05) is 0 Å². The Bertz CT molecular complexity index is 443. The Morgan fingerprint density at radius 1 is 1.24 bits per heavy atom. The van der Waals surface area contributed by atoms with E-state index in [0.29, 0.717) is 17.7 Å². The van der Waals surface area contributed by atoms with Crippen molar-refractivity contribution < 1.29 is 19.4 Å². The molecule has 0 aliphatic carbocycles. The maximum Gasteiger partial charge on any atom is 0.338 e. The van der Waals surface area contributed by atoms with Gasteiger partial charge >= 0.3 is 5.97 Å². The lowest BCUT2D eigenvalue weighted by Gasteiger charge is -2.03. The Kier molecular flexibility index (Phi) is 4.46. The standard InChI is InChI=1S/C13H14O4/c1-3-17-13(16)11-6-4-10(5-7-11)12(15)8-9(2)14/h4-8,15H,3H2,1-2H3/b12-8-. The van der Waals surface area contributed by atoms with E-state index in [1.54, 1.807) is 19.1 Å². The van der Waals surface area contributed by atoms with Gasteiger partial charge in [0.05, 0.1) is 12.2 Å². The fraction of sp³-hybridized carbons (Fsp3) is 0.231. The summed E-state index contributed by atoms with van der Waals surface area (Å²) in [6, 6.07) is 6.19. The van der Waals surface area contributed by atoms with Gasteiger partial charge in [-0.25, -0.2) is 4.79 Å². The molecule has 0 fully saturated rings. The van der Waals surface area contributed by atoms with Gasteiger partial charge in [0.2, 0.25) is 0 Å². The van der Waals surface area contributed by atoms with E-state index in [2.05, 4.69) is 0 Å². The zero-order chi connectivity index (χ0) is 12.8. The number of aliphatic hydroxyl groups excluding tert-OH is 1. The van der Waals surface area contributed by atoms with Gasteiger partial charge < -0.3 is 9.84 Å². The molecule has 4 heteroatoms. The van der Waals surface area contributed by atoms with Gasteiger partial charge in [0.25, 0.3) is 0 Å². The summed E-state index contributed by atoms with van der Waals surface area (Å²) in [6.07, 6.45) is 1.12. The van der Waals surface area contributed by atoms with Crippen LogP contribution in [0.15, 0.2) is 30.3 Å². The third kappa shape index (κ3) is 3.75. The number of ketones is 1. The Balaban J connectivity index is 2.88. The second-order valence-electron chi connectivity index (χ2n) is 3.44. The van der Waals surface area contributed by atoms with Crippen molar-refractivity contribution in [3.05, 3.63) is 41.5 Å². The van der Waals surface area contributed by atoms with E-state index >= 15 is 0 Å². The lowest BCUT2D eigenvalue weighted by molar-refractivity contribution is -0.112. The van der Waals surface area contributed by atoms with Gasteiger partial charge in [-0.3, -0.25) is 4.79 Å². The van der Waals surface area contributed by atoms with E-state index in [4.69, 9.17) is 4.74 Å². The molecule has 0 aliphatic rings. The SMILES string of the molecule is CCOC(=O)c1ccc(/C(O)=C/C(C)=O)cc1. The third-order valence-electron chi connectivity index (χ3n) is 2.03. The summed E-state index contributed by atoms with van der Waals surface area (Å²) < 4.78 is 4.82. The highest BCUT2D eigenvalue weighted by atomic mass is 16.5. The maximum atomic E-state index is 11.4. The van der Waals surface area contributed by atoms with Crippen LogP contribution in [0.5, 0.6) is 0 Å². The number of hydrogen-bond acceptors (Lipinski definition) is 4. The predicted molar refractivity (Wildman–Crippen MR) is 63.7 cm³/mol. The van der Waals surface area contributed by atoms with Crippen molar-refractivity contribution >= 4 is 17.5 Å². The lowest BCUT2D eigenvalue weighted by atomic mass is 10.1. The zero-order valence-corrected chi connectivity index (χ0v) is 9.77. The van der Waals surface area contributed by atoms with Crippen LogP contribution in [0.1, 0.15) is 29.8 Å². The molecule has 0 unspecified atom stereocenters. The first-order valence-corrected chi connectivity index (χ1v) is 5.23. The van der Waals surface area contributed by atoms with Crippen LogP contribution in [0.25, 0.3) is 5.76 Å². The second kappa shape index (κ2) is 5.84. The van der Waals surface area contributed by atoms with Gasteiger partial charge in [0.15, 0.2) is 5.78 Å². The van der Waals surface area contributed by atoms with Gasteiger partial charge in [0, 0.05) is 11.6 Å². The smallest absolute Gasteiger partial charge is 0.338 e. The average Bonchev–Trinajstić information content (AvgIpc) is 2.28. The summed E-state index contributed by atoms with van der Waals surface area (Å²) in [5, 5.41) is 9.55. The summed E-state index contributed by atoms with van der Waals surface area (Å²) in [4.78, 5) is 22.1. The summed E-state index contributed by atoms with van der Waals surface area (Å²) >= 11 is 0. The Hall–Kier alpha value is -2.10. The van der Waals surface area contributed by atoms with Crippen molar-refractivity contribution in [1.82, 2.24) is 0 Å². The average molecular weight is 234 g/mol. The molecular weight excluding hydrogens is 220 g/mol. The normalized spacial score (nSPS) is 11.1. The van der Waals surface area contributed by atoms with E-state index in [-0.39, 0.29) is 11.5 Å². The molecule has 1 N–H and O–H groups in total. The zero-order valence-electron chi connectivity index (χ0n) is 9.77. The molecule has 1 aromatic carbocycles. The molecule has 0 saturated heterocycles. The minimum atomic E-state index is -0.408. The number of esters is 1. The molecule has 1 aromatic rings. The molecule has 0 spiro atoms. The van der Waals surface area contributed by atoms with Crippen LogP contribution in [0.2, 0.25) is 0 Å². The Labute approximate surface area is 99.5 Å². The van der Waals surface area contributed by atoms with Gasteiger partial charge in [-0.2, -0.15) is 0 Å². The molecule has 0 radical (unpaired) electrons. The molecular formula is C13H14O4. The van der Waals surface area contributed by atoms with E-state index in [9.17, 15) is 14.7 Å². The van der Waals surface area contributed by atoms with E-state index < -0.39 is 5.97 Å². The fourth-order valence-corrected chi connectivity index (χ4v) is 1.27. The molecule has 1 rings (SSSR count). The van der Waals surface area contributed by atoms with Crippen molar-refractivity contribution in [2.75, 3.05) is 6.61 Å². The Morgan fingerprint density at radius 2 is 1.76 bits per heavy atom. The number of allylic oxidation sites excluding steroid dienone is 1. The molecule has 0 heterocycles. The van der Waals surface area contributed by atoms with Gasteiger partial charge in [-0.05, 0) is 26.0 Å². The van der Waals surface area contributed by atoms with Crippen LogP contribution < -0.4 is 0 Å². The first-order chi connectivity index (χ1) is 8.04. The molecule has 0 amide bonds. The highest BCUT2D eigenvalue weighted by molar-refractivity contribution is 5.94. The number of rotatable bonds is 4. The number of hydrogen-bond donors (Lipinski definition) is 1. The number of carbonyl (C=O) groups is 2. The third-order valence-corrected chi connectivity index (χ3v) is 2.03. The molecule has 4 nitrogen and oxygen atoms in total. The van der Waals surface area contributed by atoms with Crippen molar-refractivity contribution in [3.63, 3.8) is 0 Å². The first-order valence-electron chi connectivity index (χ1n) is 5.23. The number of aliphatic hydroxyl groups is 1. The number of benzene rings is 1. The van der Waals surface area contributed by atoms with Crippen LogP contribution in [-0.2, 0) is 9.53 Å². The maximum absolute atomic E-state index is 11.4. The highest BCUT2D eigenvalue weighted by Gasteiger charge is 2.07. The topological polar surface area (TPSA) is 63.6 Å². The molecule has 90 valence electrons. The monoisotopic (exact) mass is 234 g/mol. The number of ether oxygens (including phenoxy) is 1. The second-order valence-corrected chi connectivity index (χ2v) is 3.44. The van der Waals surface area contributed by atoms with Crippen LogP contribution in [-0.4, -0.2) is 23.5 Å². The quantitative estimate of drug-likeness (QED) is 0.493. The van der Waals surface area contributed by atoms with E-state index in [0.717, 1.165) is 6.08 Å². The van der Waals surface area contributed by atoms with Gasteiger partial charge in [-0.1, -0.05) is 12.1 Å². The van der Waals surface area contributed by atoms with Gasteiger partial charge in [0.1, 0.15) is 5.76 Å². The summed E-state index contributed by atoms with van der Waals surface area (Å²) in [5.41, 5.74) is 0.888. The highest BCUT2D eigenvalue weighted by Crippen LogP contribution is 2.13. The Morgan fingerprint density at radius 3 is 2.24 bits per heavy atom. The fourth-order valence-electron chi connectivity index (χ4n) is 1.27. The summed E-state index contributed by atoms with van der Waals surface area (Å²) in [5.74, 6) is -0.765. The van der Waals surface area contributed by atoms with Crippen molar-refractivity contribution in [1.29, 1.82) is 0 Å². The summed E-state index contributed by atoms with van der Waals surface area (Å²) in [6.45, 7) is 3.40. The number of carbonyl (C=O) groups excluding carboxylic acids is 2. The summed E-state index contributed by atoms with van der Waals surface area (Å²) in [7, 11) is 0. The minimum Gasteiger partial charge on any atom is -0.507 e. The minimum absolute atomic E-state index is 0.118. The van der Waals surface area contributed by atoms with Crippen molar-refractivity contribution in [2.24, 2.45) is 0 Å². The first kappa shape index (κ1) is 13.0. The van der Waals surface area contributed by atoms with Crippen LogP contribution in [0, 0.1) is 0 Å². The molecule has 0 bridgehead atoms. The molecule has 0 aliphatic heterocycles. The van der Waals surface area contributed by atoms with Gasteiger partial charge in [-0.15, -0.1) is 0 Å². The van der Waals surface area contributed by atoms with Crippen LogP contribution >= 0.6 is 0 Å². The molecule has 0 atom stereocenters. The lowest BCUT2D eigenvalue weighted by Crippen LogP contribution is -2.04. The van der Waals surface area contributed by atoms with Crippen molar-refractivity contribution in [3.8, 4) is 0 Å². The van der Waals surface area contributed by atoms with Crippen molar-refractivity contribution in [2.45, 2.75) is 13.8 Å². The molecule has 0 saturated carbocycles. The molecule has 0 aromatic heterocycles. The van der Waals surface area contributed by atoms with Crippen LogP contribution in [0.4, 0.5) is 0 Å². The molecule has 17 heavy (non-hydrogen) atoms. The van der Waals surface area contributed by atoms with E-state index in [1.165, 1.54) is 19.1 Å².